The van der Waals surface area contributed by atoms with Gasteiger partial charge < -0.3 is 5.73 Å². The first-order valence-corrected chi connectivity index (χ1v) is 7.80. The van der Waals surface area contributed by atoms with E-state index in [0.29, 0.717) is 6.04 Å². The van der Waals surface area contributed by atoms with Gasteiger partial charge in [0.25, 0.3) is 0 Å². The van der Waals surface area contributed by atoms with Crippen molar-refractivity contribution in [1.29, 1.82) is 0 Å². The molecular weight excluding hydrogens is 242 g/mol. The normalized spacial score (nSPS) is 24.3. The number of aryl methyl sites for hydroxylation is 1. The van der Waals surface area contributed by atoms with Crippen molar-refractivity contribution >= 4 is 11.3 Å². The average Bonchev–Trinajstić information content (AvgIpc) is 2.71. The third kappa shape index (κ3) is 3.31. The topological polar surface area (TPSA) is 42.1 Å². The number of likely N-dealkylation sites (tertiary alicyclic amines) is 1. The average molecular weight is 267 g/mol. The van der Waals surface area contributed by atoms with Crippen LogP contribution in [0.1, 0.15) is 44.3 Å². The van der Waals surface area contributed by atoms with Crippen LogP contribution in [-0.2, 0) is 13.0 Å². The Labute approximate surface area is 114 Å². The summed E-state index contributed by atoms with van der Waals surface area (Å²) in [5.41, 5.74) is 7.65. The fraction of sp³-hybridized carbons (Fsp3) is 0.786. The molecular formula is C14H25N3S. The van der Waals surface area contributed by atoms with Crippen LogP contribution in [0.5, 0.6) is 0 Å². The molecule has 0 amide bonds. The molecule has 0 aliphatic carbocycles. The highest BCUT2D eigenvalue weighted by Gasteiger charge is 2.33. The van der Waals surface area contributed by atoms with Crippen molar-refractivity contribution in [3.05, 3.63) is 16.1 Å². The molecule has 2 rings (SSSR count). The SMILES string of the molecule is CCCc1csc(CN2CCC(N)C(C)(C)C2)n1. The number of aromatic nitrogens is 1. The van der Waals surface area contributed by atoms with E-state index in [0.717, 1.165) is 32.5 Å². The molecule has 1 aromatic rings. The summed E-state index contributed by atoms with van der Waals surface area (Å²) in [6.07, 6.45) is 3.38. The van der Waals surface area contributed by atoms with Crippen molar-refractivity contribution in [2.45, 2.75) is 52.6 Å². The number of hydrogen-bond donors (Lipinski definition) is 1. The molecule has 2 N–H and O–H groups in total. The maximum Gasteiger partial charge on any atom is 0.107 e. The first-order chi connectivity index (χ1) is 8.51. The number of nitrogens with zero attached hydrogens (tertiary/aromatic N) is 2. The van der Waals surface area contributed by atoms with Gasteiger partial charge in [0.05, 0.1) is 12.2 Å². The summed E-state index contributed by atoms with van der Waals surface area (Å²) in [6.45, 7) is 9.92. The molecule has 0 bridgehead atoms. The highest BCUT2D eigenvalue weighted by Crippen LogP contribution is 2.28. The van der Waals surface area contributed by atoms with Gasteiger partial charge in [0.15, 0.2) is 0 Å². The second-order valence-corrected chi connectivity index (χ2v) is 7.02. The van der Waals surface area contributed by atoms with E-state index in [2.05, 4.69) is 31.1 Å². The van der Waals surface area contributed by atoms with E-state index >= 15 is 0 Å². The summed E-state index contributed by atoms with van der Waals surface area (Å²) in [7, 11) is 0. The Morgan fingerprint density at radius 1 is 1.56 bits per heavy atom. The predicted molar refractivity (Wildman–Crippen MR) is 77.8 cm³/mol. The molecule has 1 saturated heterocycles. The van der Waals surface area contributed by atoms with E-state index in [-0.39, 0.29) is 5.41 Å². The fourth-order valence-electron chi connectivity index (χ4n) is 2.60. The monoisotopic (exact) mass is 267 g/mol. The van der Waals surface area contributed by atoms with Gasteiger partial charge in [-0.1, -0.05) is 27.2 Å². The Morgan fingerprint density at radius 3 is 3.00 bits per heavy atom. The summed E-state index contributed by atoms with van der Waals surface area (Å²) in [5.74, 6) is 0. The molecule has 2 heterocycles. The second kappa shape index (κ2) is 5.68. The van der Waals surface area contributed by atoms with Gasteiger partial charge >= 0.3 is 0 Å². The van der Waals surface area contributed by atoms with Crippen LogP contribution in [0.2, 0.25) is 0 Å². The number of nitrogens with two attached hydrogens (primary N) is 1. The Balaban J connectivity index is 1.93. The lowest BCUT2D eigenvalue weighted by molar-refractivity contribution is 0.0898. The van der Waals surface area contributed by atoms with Gasteiger partial charge in [-0.15, -0.1) is 11.3 Å². The van der Waals surface area contributed by atoms with Gasteiger partial charge in [0.2, 0.25) is 0 Å². The minimum atomic E-state index is 0.224. The van der Waals surface area contributed by atoms with Crippen LogP contribution in [0.3, 0.4) is 0 Å². The molecule has 1 aromatic heterocycles. The van der Waals surface area contributed by atoms with Crippen molar-refractivity contribution < 1.29 is 0 Å². The van der Waals surface area contributed by atoms with Crippen molar-refractivity contribution in [1.82, 2.24) is 9.88 Å². The van der Waals surface area contributed by atoms with Crippen molar-refractivity contribution in [3.63, 3.8) is 0 Å². The molecule has 1 atom stereocenters. The zero-order chi connectivity index (χ0) is 13.2. The van der Waals surface area contributed by atoms with Gasteiger partial charge in [-0.25, -0.2) is 4.98 Å². The van der Waals surface area contributed by atoms with Gasteiger partial charge in [-0.05, 0) is 18.3 Å². The maximum absolute atomic E-state index is 6.17. The standard InChI is InChI=1S/C14H25N3S/c1-4-5-11-9-18-13(16-11)8-17-7-6-12(15)14(2,3)10-17/h9,12H,4-8,10,15H2,1-3H3. The third-order valence-corrected chi connectivity index (χ3v) is 4.74. The Bertz CT molecular complexity index is 386. The van der Waals surface area contributed by atoms with Crippen LogP contribution < -0.4 is 5.73 Å². The quantitative estimate of drug-likeness (QED) is 0.912. The van der Waals surface area contributed by atoms with E-state index < -0.39 is 0 Å². The van der Waals surface area contributed by atoms with Gasteiger partial charge in [0, 0.05) is 24.5 Å². The molecule has 3 nitrogen and oxygen atoms in total. The lowest BCUT2D eigenvalue weighted by Crippen LogP contribution is -2.52. The number of piperidine rings is 1. The number of hydrogen-bond acceptors (Lipinski definition) is 4. The van der Waals surface area contributed by atoms with Crippen LogP contribution in [0, 0.1) is 5.41 Å². The molecule has 0 spiro atoms. The third-order valence-electron chi connectivity index (χ3n) is 3.86. The Hall–Kier alpha value is -0.450. The first-order valence-electron chi connectivity index (χ1n) is 6.92. The van der Waals surface area contributed by atoms with Gasteiger partial charge in [-0.3, -0.25) is 4.90 Å². The minimum Gasteiger partial charge on any atom is -0.327 e. The van der Waals surface area contributed by atoms with Crippen LogP contribution in [0.15, 0.2) is 5.38 Å². The molecule has 1 aliphatic rings. The van der Waals surface area contributed by atoms with E-state index in [1.807, 2.05) is 0 Å². The smallest absolute Gasteiger partial charge is 0.107 e. The zero-order valence-corrected chi connectivity index (χ0v) is 12.6. The van der Waals surface area contributed by atoms with Crippen LogP contribution in [0.4, 0.5) is 0 Å². The first kappa shape index (κ1) is 14.0. The summed E-state index contributed by atoms with van der Waals surface area (Å²) in [5, 5.41) is 3.46. The molecule has 18 heavy (non-hydrogen) atoms. The molecule has 1 unspecified atom stereocenters. The summed E-state index contributed by atoms with van der Waals surface area (Å²) >= 11 is 1.80. The highest BCUT2D eigenvalue weighted by atomic mass is 32.1. The largest absolute Gasteiger partial charge is 0.327 e. The summed E-state index contributed by atoms with van der Waals surface area (Å²) < 4.78 is 0. The highest BCUT2D eigenvalue weighted by molar-refractivity contribution is 7.09. The zero-order valence-electron chi connectivity index (χ0n) is 11.8. The van der Waals surface area contributed by atoms with Crippen molar-refractivity contribution in [2.24, 2.45) is 11.1 Å². The lowest BCUT2D eigenvalue weighted by atomic mass is 9.80. The van der Waals surface area contributed by atoms with Crippen molar-refractivity contribution in [3.8, 4) is 0 Å². The second-order valence-electron chi connectivity index (χ2n) is 6.08. The molecule has 0 saturated carbocycles. The van der Waals surface area contributed by atoms with E-state index in [1.165, 1.54) is 17.1 Å². The molecule has 0 radical (unpaired) electrons. The molecule has 1 fully saturated rings. The predicted octanol–water partition coefficient (Wildman–Crippen LogP) is 2.65. The minimum absolute atomic E-state index is 0.224. The summed E-state index contributed by atoms with van der Waals surface area (Å²) in [6, 6.07) is 0.334. The van der Waals surface area contributed by atoms with Crippen molar-refractivity contribution in [2.75, 3.05) is 13.1 Å². The van der Waals surface area contributed by atoms with E-state index in [1.54, 1.807) is 11.3 Å². The van der Waals surface area contributed by atoms with Crippen LogP contribution >= 0.6 is 11.3 Å². The number of thiazole rings is 1. The Kier molecular flexibility index (Phi) is 4.41. The van der Waals surface area contributed by atoms with E-state index in [4.69, 9.17) is 10.7 Å². The maximum atomic E-state index is 6.17. The van der Waals surface area contributed by atoms with Crippen LogP contribution in [0.25, 0.3) is 0 Å². The van der Waals surface area contributed by atoms with Crippen LogP contribution in [-0.4, -0.2) is 29.0 Å². The molecule has 4 heteroatoms. The molecule has 102 valence electrons. The fourth-order valence-corrected chi connectivity index (χ4v) is 3.47. The molecule has 1 aliphatic heterocycles. The lowest BCUT2D eigenvalue weighted by Gasteiger charge is -2.42. The summed E-state index contributed by atoms with van der Waals surface area (Å²) in [4.78, 5) is 7.20. The Morgan fingerprint density at radius 2 is 2.33 bits per heavy atom. The number of rotatable bonds is 4. The van der Waals surface area contributed by atoms with Gasteiger partial charge in [-0.2, -0.15) is 0 Å². The van der Waals surface area contributed by atoms with Gasteiger partial charge in [0.1, 0.15) is 5.01 Å². The van der Waals surface area contributed by atoms with E-state index in [9.17, 15) is 0 Å². The molecule has 0 aromatic carbocycles.